The Morgan fingerprint density at radius 2 is 1.00 bits per heavy atom. The van der Waals surface area contributed by atoms with Crippen LogP contribution in [0.25, 0.3) is 0 Å². The first kappa shape index (κ1) is 21.9. The van der Waals surface area contributed by atoms with Gasteiger partial charge in [0.05, 0.1) is 0 Å². The maximum absolute atomic E-state index is 6.59. The summed E-state index contributed by atoms with van der Waals surface area (Å²) in [4.78, 5) is 0. The third kappa shape index (κ3) is 31.3. The summed E-state index contributed by atoms with van der Waals surface area (Å²) in [6.45, 7) is 4.38. The molecule has 0 spiro atoms. The molecule has 1 heteroatoms. The van der Waals surface area contributed by atoms with Crippen LogP contribution >= 0.6 is 0 Å². The molecular weight excluding hydrogens is 251 g/mol. The molecule has 0 amide bonds. The van der Waals surface area contributed by atoms with Crippen LogP contribution in [0, 0.1) is 24.7 Å². The molecule has 0 aromatic rings. The van der Waals surface area contributed by atoms with Crippen LogP contribution in [-0.4, -0.2) is 0 Å². The van der Waals surface area contributed by atoms with Crippen molar-refractivity contribution in [1.29, 1.82) is 0 Å². The summed E-state index contributed by atoms with van der Waals surface area (Å²) in [7, 11) is 0. The summed E-state index contributed by atoms with van der Waals surface area (Å²) < 4.78 is 0. The molecule has 17 heavy (non-hydrogen) atoms. The van der Waals surface area contributed by atoms with E-state index in [0.29, 0.717) is 0 Å². The van der Waals surface area contributed by atoms with E-state index >= 15 is 0 Å². The molecule has 0 aromatic carbocycles. The van der Waals surface area contributed by atoms with E-state index in [-0.39, 0.29) is 16.5 Å². The third-order valence-corrected chi connectivity index (χ3v) is 2.31. The third-order valence-electron chi connectivity index (χ3n) is 2.31. The second-order valence-electron chi connectivity index (χ2n) is 3.97. The van der Waals surface area contributed by atoms with Gasteiger partial charge < -0.3 is 24.7 Å². The largest absolute Gasteiger partial charge is 2.00 e. The van der Waals surface area contributed by atoms with Crippen LogP contribution in [0.1, 0.15) is 78.1 Å². The minimum absolute atomic E-state index is 0. The van der Waals surface area contributed by atoms with Crippen molar-refractivity contribution in [1.82, 2.24) is 0 Å². The van der Waals surface area contributed by atoms with Gasteiger partial charge in [0.2, 0.25) is 0 Å². The van der Waals surface area contributed by atoms with E-state index in [1.807, 2.05) is 0 Å². The first-order valence-electron chi connectivity index (χ1n) is 6.62. The predicted octanol–water partition coefficient (Wildman–Crippen LogP) is 5.09. The average molecular weight is 277 g/mol. The molecule has 0 aromatic heterocycles. The molecule has 0 aliphatic rings. The van der Waals surface area contributed by atoms with Crippen LogP contribution in [0.4, 0.5) is 0 Å². The van der Waals surface area contributed by atoms with E-state index in [2.05, 4.69) is 25.7 Å². The van der Waals surface area contributed by atoms with E-state index in [1.54, 1.807) is 0 Å². The topological polar surface area (TPSA) is 0 Å². The van der Waals surface area contributed by atoms with E-state index in [4.69, 9.17) is 12.8 Å². The monoisotopic (exact) mass is 276 g/mol. The molecule has 0 atom stereocenters. The second kappa shape index (κ2) is 24.7. The molecule has 0 aliphatic heterocycles. The van der Waals surface area contributed by atoms with Gasteiger partial charge in [-0.05, 0) is 25.7 Å². The number of hydrogen-bond acceptors (Lipinski definition) is 0. The molecule has 0 heterocycles. The molecule has 100 valence electrons. The van der Waals surface area contributed by atoms with Crippen LogP contribution in [0.2, 0.25) is 0 Å². The van der Waals surface area contributed by atoms with E-state index < -0.39 is 0 Å². The number of rotatable bonds is 8. The first-order chi connectivity index (χ1) is 7.83. The van der Waals surface area contributed by atoms with Crippen LogP contribution < -0.4 is 0 Å². The smallest absolute Gasteiger partial charge is 0.694 e. The van der Waals surface area contributed by atoms with Crippen molar-refractivity contribution in [3.05, 3.63) is 12.8 Å². The summed E-state index contributed by atoms with van der Waals surface area (Å²) in [6.07, 6.45) is 24.9. The van der Waals surface area contributed by atoms with Crippen molar-refractivity contribution in [3.63, 3.8) is 0 Å². The zero-order valence-electron chi connectivity index (χ0n) is 11.4. The molecule has 0 bridgehead atoms. The molecule has 0 unspecified atom stereocenters. The SMILES string of the molecule is [C-]#CCCCCCC.[C-]#CCCCCCC.[Ni+2]. The van der Waals surface area contributed by atoms with Crippen molar-refractivity contribution in [2.45, 2.75) is 78.1 Å². The minimum atomic E-state index is 0. The number of unbranched alkanes of at least 4 members (excludes halogenated alkanes) is 8. The fourth-order valence-corrected chi connectivity index (χ4v) is 1.28. The zero-order valence-corrected chi connectivity index (χ0v) is 12.4. The standard InChI is InChI=1S/2C8H13.Ni/c2*1-3-5-7-8-6-4-2;/h2*3,5-8H2,1H3;/q2*-1;+2. The molecule has 0 saturated carbocycles. The first-order valence-corrected chi connectivity index (χ1v) is 6.62. The van der Waals surface area contributed by atoms with Crippen molar-refractivity contribution in [3.8, 4) is 11.8 Å². The quantitative estimate of drug-likeness (QED) is 0.251. The Morgan fingerprint density at radius 1 is 0.647 bits per heavy atom. The summed E-state index contributed by atoms with van der Waals surface area (Å²) in [6, 6.07) is 0. The maximum atomic E-state index is 6.59. The van der Waals surface area contributed by atoms with Crippen molar-refractivity contribution in [2.24, 2.45) is 0 Å². The Labute approximate surface area is 119 Å². The van der Waals surface area contributed by atoms with Gasteiger partial charge in [-0.1, -0.05) is 52.4 Å². The summed E-state index contributed by atoms with van der Waals surface area (Å²) in [5, 5.41) is 0. The summed E-state index contributed by atoms with van der Waals surface area (Å²) in [5.41, 5.74) is 0. The average Bonchev–Trinajstić information content (AvgIpc) is 2.31. The predicted molar refractivity (Wildman–Crippen MR) is 71.8 cm³/mol. The molecule has 0 fully saturated rings. The van der Waals surface area contributed by atoms with Crippen molar-refractivity contribution < 1.29 is 16.5 Å². The maximum Gasteiger partial charge on any atom is 2.00 e. The van der Waals surface area contributed by atoms with Gasteiger partial charge in [-0.15, -0.1) is 0 Å². The van der Waals surface area contributed by atoms with Gasteiger partial charge in [0.15, 0.2) is 0 Å². The van der Waals surface area contributed by atoms with E-state index in [9.17, 15) is 0 Å². The molecule has 0 aliphatic carbocycles. The Balaban J connectivity index is -0.000000218. The Hall–Kier alpha value is -0.386. The Kier molecular flexibility index (Phi) is 31.8. The zero-order chi connectivity index (χ0) is 12.5. The van der Waals surface area contributed by atoms with E-state index in [1.165, 1.54) is 38.5 Å². The van der Waals surface area contributed by atoms with Gasteiger partial charge in [-0.3, -0.25) is 0 Å². The van der Waals surface area contributed by atoms with Crippen molar-refractivity contribution in [2.75, 3.05) is 0 Å². The molecule has 0 radical (unpaired) electrons. The Morgan fingerprint density at radius 3 is 1.24 bits per heavy atom. The molecule has 0 N–H and O–H groups in total. The van der Waals surface area contributed by atoms with Crippen LogP contribution in [-0.2, 0) is 16.5 Å². The van der Waals surface area contributed by atoms with Crippen LogP contribution in [0.3, 0.4) is 0 Å². The van der Waals surface area contributed by atoms with Crippen LogP contribution in [0.5, 0.6) is 0 Å². The van der Waals surface area contributed by atoms with Gasteiger partial charge in [0, 0.05) is 0 Å². The second-order valence-corrected chi connectivity index (χ2v) is 3.97. The van der Waals surface area contributed by atoms with Gasteiger partial charge in [0.25, 0.3) is 0 Å². The van der Waals surface area contributed by atoms with Gasteiger partial charge in [0.1, 0.15) is 0 Å². The summed E-state index contributed by atoms with van der Waals surface area (Å²) in [5.74, 6) is 4.75. The van der Waals surface area contributed by atoms with Crippen LogP contribution in [0.15, 0.2) is 0 Å². The van der Waals surface area contributed by atoms with Gasteiger partial charge >= 0.3 is 16.5 Å². The molecule has 0 rings (SSSR count). The molecule has 0 saturated heterocycles. The molecule has 0 nitrogen and oxygen atoms in total. The van der Waals surface area contributed by atoms with Gasteiger partial charge in [-0.2, -0.15) is 0 Å². The summed E-state index contributed by atoms with van der Waals surface area (Å²) >= 11 is 0. The normalized spacial score (nSPS) is 8.00. The fourth-order valence-electron chi connectivity index (χ4n) is 1.28. The van der Waals surface area contributed by atoms with E-state index in [0.717, 1.165) is 25.7 Å². The van der Waals surface area contributed by atoms with Crippen molar-refractivity contribution >= 4 is 0 Å². The van der Waals surface area contributed by atoms with Gasteiger partial charge in [-0.25, -0.2) is 0 Å². The minimum Gasteiger partial charge on any atom is -0.694 e. The fraction of sp³-hybridized carbons (Fsp3) is 0.750. The Bertz CT molecular complexity index is 161. The number of hydrogen-bond donors (Lipinski definition) is 0. The molecular formula is C16H26Ni.